The van der Waals surface area contributed by atoms with Gasteiger partial charge in [-0.2, -0.15) is 0 Å². The Bertz CT molecular complexity index is 1570. The minimum absolute atomic E-state index is 0.0274. The van der Waals surface area contributed by atoms with E-state index < -0.39 is 29.8 Å². The SMILES string of the molecule is NCCCCCC(=O)N1CCC(C(=O)N2CCC(C(=O)N3CCC(C(=O)N4CCC(C(=O)N5CCC(C(=O)N6CCC(C(=O)O)CC6C(=O)O)CC5)CC4)CC3)CC2)CC1. The van der Waals surface area contributed by atoms with Crippen LogP contribution in [0.25, 0.3) is 0 Å². The van der Waals surface area contributed by atoms with E-state index >= 15 is 0 Å². The molecular weight excluding hydrogens is 775 g/mol. The predicted molar refractivity (Wildman–Crippen MR) is 218 cm³/mol. The van der Waals surface area contributed by atoms with Gasteiger partial charge in [0.05, 0.1) is 5.92 Å². The molecule has 0 spiro atoms. The zero-order chi connectivity index (χ0) is 42.9. The molecular formula is C43H67N7O10. The molecule has 6 aliphatic rings. The lowest BCUT2D eigenvalue weighted by Gasteiger charge is -2.41. The van der Waals surface area contributed by atoms with Gasteiger partial charge >= 0.3 is 11.9 Å². The number of carbonyl (C=O) groups is 8. The van der Waals surface area contributed by atoms with Gasteiger partial charge in [0.15, 0.2) is 0 Å². The van der Waals surface area contributed by atoms with E-state index in [2.05, 4.69) is 0 Å². The molecule has 17 heteroatoms. The summed E-state index contributed by atoms with van der Waals surface area (Å²) >= 11 is 0. The van der Waals surface area contributed by atoms with Crippen molar-refractivity contribution in [2.24, 2.45) is 41.2 Å². The molecule has 2 unspecified atom stereocenters. The van der Waals surface area contributed by atoms with E-state index in [4.69, 9.17) is 5.73 Å². The van der Waals surface area contributed by atoms with E-state index in [9.17, 15) is 48.6 Å². The Hall–Kier alpha value is -4.28. The summed E-state index contributed by atoms with van der Waals surface area (Å²) in [6, 6.07) is -1.16. The molecule has 6 rings (SSSR count). The summed E-state index contributed by atoms with van der Waals surface area (Å²) in [5, 5.41) is 19.1. The first-order chi connectivity index (χ1) is 28.9. The van der Waals surface area contributed by atoms with Crippen LogP contribution in [-0.2, 0) is 38.4 Å². The third kappa shape index (κ3) is 11.0. The molecule has 0 aromatic heterocycles. The summed E-state index contributed by atoms with van der Waals surface area (Å²) in [6.07, 6.45) is 9.21. The van der Waals surface area contributed by atoms with Crippen molar-refractivity contribution in [3.8, 4) is 0 Å². The van der Waals surface area contributed by atoms with Gasteiger partial charge in [-0.25, -0.2) is 4.79 Å². The van der Waals surface area contributed by atoms with Gasteiger partial charge in [-0.3, -0.25) is 33.6 Å². The lowest BCUT2D eigenvalue weighted by Crippen LogP contribution is -2.54. The summed E-state index contributed by atoms with van der Waals surface area (Å²) in [5.41, 5.74) is 5.55. The Morgan fingerprint density at radius 2 is 0.733 bits per heavy atom. The van der Waals surface area contributed by atoms with Crippen LogP contribution in [0, 0.1) is 35.5 Å². The van der Waals surface area contributed by atoms with Gasteiger partial charge in [0.2, 0.25) is 35.4 Å². The second-order valence-electron chi connectivity index (χ2n) is 18.1. The molecule has 0 aromatic rings. The van der Waals surface area contributed by atoms with Crippen LogP contribution in [0.15, 0.2) is 0 Å². The highest BCUT2D eigenvalue weighted by Gasteiger charge is 2.43. The van der Waals surface area contributed by atoms with Crippen molar-refractivity contribution >= 4 is 47.4 Å². The number of hydrogen-bond donors (Lipinski definition) is 3. The molecule has 0 aliphatic carbocycles. The van der Waals surface area contributed by atoms with E-state index in [1.165, 1.54) is 4.90 Å². The molecule has 6 heterocycles. The van der Waals surface area contributed by atoms with Gasteiger partial charge in [0.1, 0.15) is 6.04 Å². The molecule has 17 nitrogen and oxygen atoms in total. The zero-order valence-electron chi connectivity index (χ0n) is 35.3. The summed E-state index contributed by atoms with van der Waals surface area (Å²) in [7, 11) is 0. The van der Waals surface area contributed by atoms with Crippen molar-refractivity contribution in [3.05, 3.63) is 0 Å². The highest BCUT2D eigenvalue weighted by atomic mass is 16.4. The molecule has 4 N–H and O–H groups in total. The first-order valence-corrected chi connectivity index (χ1v) is 22.7. The minimum Gasteiger partial charge on any atom is -0.481 e. The number of unbranched alkanes of at least 4 members (excludes halogenated alkanes) is 2. The zero-order valence-corrected chi connectivity index (χ0v) is 35.3. The topological polar surface area (TPSA) is 222 Å². The number of nitrogens with zero attached hydrogens (tertiary/aromatic N) is 6. The number of hydrogen-bond acceptors (Lipinski definition) is 9. The Labute approximate surface area is 353 Å². The van der Waals surface area contributed by atoms with Crippen LogP contribution in [-0.4, -0.2) is 172 Å². The number of rotatable bonds is 12. The summed E-state index contributed by atoms with van der Waals surface area (Å²) in [5.74, 6) is -3.77. The Morgan fingerprint density at radius 3 is 1.07 bits per heavy atom. The Kier molecular flexibility index (Phi) is 15.8. The fourth-order valence-electron chi connectivity index (χ4n) is 10.5. The molecule has 6 saturated heterocycles. The average Bonchev–Trinajstić information content (AvgIpc) is 3.29. The molecule has 0 saturated carbocycles. The molecule has 334 valence electrons. The number of piperidine rings is 6. The fraction of sp³-hybridized carbons (Fsp3) is 0.814. The van der Waals surface area contributed by atoms with Crippen molar-refractivity contribution in [2.75, 3.05) is 78.5 Å². The van der Waals surface area contributed by atoms with Crippen molar-refractivity contribution in [2.45, 2.75) is 109 Å². The molecule has 0 aromatic carbocycles. The Morgan fingerprint density at radius 1 is 0.400 bits per heavy atom. The van der Waals surface area contributed by atoms with Crippen LogP contribution in [0.2, 0.25) is 0 Å². The number of amides is 6. The first kappa shape index (κ1) is 45.3. The van der Waals surface area contributed by atoms with Crippen LogP contribution in [0.4, 0.5) is 0 Å². The number of likely N-dealkylation sites (tertiary alicyclic amines) is 6. The maximum absolute atomic E-state index is 13.6. The van der Waals surface area contributed by atoms with Crippen molar-refractivity contribution in [3.63, 3.8) is 0 Å². The van der Waals surface area contributed by atoms with E-state index in [1.807, 2.05) is 19.6 Å². The van der Waals surface area contributed by atoms with Gasteiger partial charge in [-0.05, 0) is 96.4 Å². The summed E-state index contributed by atoms with van der Waals surface area (Å²) in [4.78, 5) is 114. The fourth-order valence-corrected chi connectivity index (χ4v) is 10.5. The number of aliphatic carboxylic acids is 2. The molecule has 2 atom stereocenters. The van der Waals surface area contributed by atoms with Crippen molar-refractivity contribution < 1.29 is 48.6 Å². The van der Waals surface area contributed by atoms with Gasteiger partial charge < -0.3 is 45.3 Å². The average molecular weight is 842 g/mol. The molecule has 60 heavy (non-hydrogen) atoms. The number of carboxylic acids is 2. The first-order valence-electron chi connectivity index (χ1n) is 22.7. The van der Waals surface area contributed by atoms with Crippen molar-refractivity contribution in [1.29, 1.82) is 0 Å². The van der Waals surface area contributed by atoms with Crippen LogP contribution in [0.1, 0.15) is 103 Å². The van der Waals surface area contributed by atoms with Gasteiger partial charge in [-0.1, -0.05) is 6.42 Å². The maximum Gasteiger partial charge on any atom is 0.326 e. The third-order valence-corrected chi connectivity index (χ3v) is 14.4. The van der Waals surface area contributed by atoms with Crippen LogP contribution < -0.4 is 5.73 Å². The summed E-state index contributed by atoms with van der Waals surface area (Å²) < 4.78 is 0. The smallest absolute Gasteiger partial charge is 0.326 e. The lowest BCUT2D eigenvalue weighted by molar-refractivity contribution is -0.159. The molecule has 0 radical (unpaired) electrons. The normalized spacial score (nSPS) is 24.7. The molecule has 6 fully saturated rings. The largest absolute Gasteiger partial charge is 0.481 e. The lowest BCUT2D eigenvalue weighted by atomic mass is 9.87. The van der Waals surface area contributed by atoms with Gasteiger partial charge in [-0.15, -0.1) is 0 Å². The van der Waals surface area contributed by atoms with Crippen LogP contribution in [0.5, 0.6) is 0 Å². The van der Waals surface area contributed by atoms with E-state index in [1.54, 1.807) is 4.90 Å². The summed E-state index contributed by atoms with van der Waals surface area (Å²) in [6.45, 7) is 5.94. The van der Waals surface area contributed by atoms with E-state index in [0.717, 1.165) is 19.3 Å². The quantitative estimate of drug-likeness (QED) is 0.239. The number of carboxylic acid groups (broad SMARTS) is 2. The number of carbonyl (C=O) groups excluding carboxylic acids is 6. The Balaban J connectivity index is 0.854. The standard InChI is InChI=1S/C43H67N7O10/c44-16-3-1-2-4-36(51)45-17-5-29(6-18-45)37(52)46-19-7-30(8-20-46)38(53)47-21-9-31(10-22-47)39(54)48-23-11-32(12-24-48)40(55)49-25-13-33(14-26-49)41(56)50-27-15-34(42(57)58)28-35(50)43(59)60/h29-35H,1-28,44H2,(H,57,58)(H,59,60). The van der Waals surface area contributed by atoms with Crippen LogP contribution >= 0.6 is 0 Å². The predicted octanol–water partition coefficient (Wildman–Crippen LogP) is 1.47. The van der Waals surface area contributed by atoms with E-state index in [0.29, 0.717) is 143 Å². The molecule has 6 aliphatic heterocycles. The number of nitrogens with two attached hydrogens (primary N) is 1. The second kappa shape index (κ2) is 21.0. The maximum atomic E-state index is 13.6. The monoisotopic (exact) mass is 841 g/mol. The molecule has 0 bridgehead atoms. The van der Waals surface area contributed by atoms with Crippen molar-refractivity contribution in [1.82, 2.24) is 29.4 Å². The van der Waals surface area contributed by atoms with Crippen LogP contribution in [0.3, 0.4) is 0 Å². The van der Waals surface area contributed by atoms with Gasteiger partial charge in [0, 0.05) is 108 Å². The third-order valence-electron chi connectivity index (χ3n) is 14.4. The second-order valence-corrected chi connectivity index (χ2v) is 18.1. The highest BCUT2D eigenvalue weighted by Crippen LogP contribution is 2.32. The molecule has 6 amide bonds. The van der Waals surface area contributed by atoms with Gasteiger partial charge in [0.25, 0.3) is 0 Å². The highest BCUT2D eigenvalue weighted by molar-refractivity contribution is 5.87. The minimum atomic E-state index is -1.20. The van der Waals surface area contributed by atoms with E-state index in [-0.39, 0.29) is 78.5 Å².